The van der Waals surface area contributed by atoms with Crippen LogP contribution in [-0.4, -0.2) is 69.8 Å². The van der Waals surface area contributed by atoms with Crippen LogP contribution < -0.4 is 16.4 Å². The SMILES string of the molecule is CC(=O)CCC(=O)N[C@@H](CC(C)C)C(=O)C[C@@H](CCC(N)=O)C(=O)NCC(=O)C[C@@H](CCC(=O)O)C(=O)O. The van der Waals surface area contributed by atoms with E-state index in [0.717, 1.165) is 0 Å². The maximum absolute atomic E-state index is 13.0. The predicted octanol–water partition coefficient (Wildman–Crippen LogP) is 0.368. The molecule has 0 aliphatic carbocycles. The van der Waals surface area contributed by atoms with Crippen molar-refractivity contribution in [3.63, 3.8) is 0 Å². The number of hydrogen-bond donors (Lipinski definition) is 5. The molecule has 0 rings (SSSR count). The fraction of sp³-hybridized carbons (Fsp3) is 0.680. The molecule has 0 saturated heterocycles. The molecule has 0 saturated carbocycles. The van der Waals surface area contributed by atoms with Crippen molar-refractivity contribution in [3.05, 3.63) is 0 Å². The highest BCUT2D eigenvalue weighted by Gasteiger charge is 2.29. The first-order chi connectivity index (χ1) is 17.6. The Hall–Kier alpha value is -3.64. The fourth-order valence-electron chi connectivity index (χ4n) is 3.61. The first-order valence-electron chi connectivity index (χ1n) is 12.5. The van der Waals surface area contributed by atoms with Crippen LogP contribution in [0.5, 0.6) is 0 Å². The number of hydrogen-bond acceptors (Lipinski definition) is 8. The van der Waals surface area contributed by atoms with Crippen LogP contribution in [-0.2, 0) is 38.4 Å². The molecule has 0 bridgehead atoms. The molecular weight excluding hydrogens is 502 g/mol. The minimum Gasteiger partial charge on any atom is -0.481 e. The van der Waals surface area contributed by atoms with Crippen LogP contribution in [0.2, 0.25) is 0 Å². The van der Waals surface area contributed by atoms with Crippen LogP contribution in [0.3, 0.4) is 0 Å². The van der Waals surface area contributed by atoms with Gasteiger partial charge in [0.05, 0.1) is 18.5 Å². The van der Waals surface area contributed by atoms with E-state index in [9.17, 15) is 43.5 Å². The van der Waals surface area contributed by atoms with Crippen molar-refractivity contribution < 1.29 is 48.6 Å². The van der Waals surface area contributed by atoms with E-state index in [1.165, 1.54) is 6.92 Å². The number of nitrogens with one attached hydrogen (secondary N) is 2. The number of amides is 3. The summed E-state index contributed by atoms with van der Waals surface area (Å²) in [6, 6.07) is -0.925. The number of carbonyl (C=O) groups excluding carboxylic acids is 6. The molecule has 214 valence electrons. The number of ketones is 3. The Balaban J connectivity index is 5.32. The lowest BCUT2D eigenvalue weighted by Gasteiger charge is -2.22. The Kier molecular flexibility index (Phi) is 16.1. The van der Waals surface area contributed by atoms with Gasteiger partial charge in [-0.05, 0) is 32.1 Å². The minimum atomic E-state index is -1.34. The summed E-state index contributed by atoms with van der Waals surface area (Å²) in [5.74, 6) is -8.02. The van der Waals surface area contributed by atoms with Crippen LogP contribution in [0.1, 0.15) is 78.6 Å². The van der Waals surface area contributed by atoms with Gasteiger partial charge in [-0.2, -0.15) is 0 Å². The minimum absolute atomic E-state index is 0.0101. The largest absolute Gasteiger partial charge is 0.481 e. The number of Topliss-reactive ketones (excluding diaryl/α,β-unsaturated/α-hetero) is 3. The molecule has 0 aromatic heterocycles. The normalized spacial score (nSPS) is 13.2. The summed E-state index contributed by atoms with van der Waals surface area (Å²) in [7, 11) is 0. The van der Waals surface area contributed by atoms with Crippen LogP contribution in [0.4, 0.5) is 0 Å². The Morgan fingerprint density at radius 1 is 0.816 bits per heavy atom. The van der Waals surface area contributed by atoms with E-state index in [0.29, 0.717) is 0 Å². The maximum Gasteiger partial charge on any atom is 0.306 e. The van der Waals surface area contributed by atoms with Crippen molar-refractivity contribution >= 4 is 47.0 Å². The molecule has 6 N–H and O–H groups in total. The second kappa shape index (κ2) is 17.8. The standard InChI is InChI=1S/C25H39N3O10/c1-14(2)10-19(28-22(33)8-4-15(3)29)20(31)12-16(5-7-21(26)32)24(36)27-13-18(30)11-17(25(37)38)6-9-23(34)35/h14,16-17,19H,4-13H2,1-3H3,(H2,26,32)(H,27,36)(H,28,33)(H,34,35)(H,37,38)/t16-,17-,19+/m1/s1. The molecule has 13 heteroatoms. The number of rotatable bonds is 21. The molecule has 0 radical (unpaired) electrons. The highest BCUT2D eigenvalue weighted by atomic mass is 16.4. The third kappa shape index (κ3) is 16.2. The van der Waals surface area contributed by atoms with Crippen molar-refractivity contribution in [1.82, 2.24) is 10.6 Å². The average molecular weight is 542 g/mol. The number of carbonyl (C=O) groups is 8. The summed E-state index contributed by atoms with van der Waals surface area (Å²) >= 11 is 0. The zero-order chi connectivity index (χ0) is 29.4. The van der Waals surface area contributed by atoms with Crippen molar-refractivity contribution in [2.75, 3.05) is 6.54 Å². The topological polar surface area (TPSA) is 227 Å². The van der Waals surface area contributed by atoms with Gasteiger partial charge in [0, 0.05) is 44.4 Å². The molecule has 0 aromatic carbocycles. The van der Waals surface area contributed by atoms with E-state index in [2.05, 4.69) is 10.6 Å². The summed E-state index contributed by atoms with van der Waals surface area (Å²) in [5.41, 5.74) is 5.18. The number of primary amides is 1. The molecule has 0 heterocycles. The van der Waals surface area contributed by atoms with E-state index in [4.69, 9.17) is 10.8 Å². The molecule has 0 unspecified atom stereocenters. The fourth-order valence-corrected chi connectivity index (χ4v) is 3.61. The van der Waals surface area contributed by atoms with Gasteiger partial charge in [0.1, 0.15) is 5.78 Å². The lowest BCUT2D eigenvalue weighted by Crippen LogP contribution is -2.44. The molecule has 0 aromatic rings. The zero-order valence-electron chi connectivity index (χ0n) is 22.1. The number of carboxylic acid groups (broad SMARTS) is 2. The Labute approximate surface area is 221 Å². The van der Waals surface area contributed by atoms with Crippen LogP contribution in [0, 0.1) is 17.8 Å². The number of carboxylic acids is 2. The number of aliphatic carboxylic acids is 2. The molecule has 0 aliphatic heterocycles. The van der Waals surface area contributed by atoms with Crippen molar-refractivity contribution in [2.45, 2.75) is 84.6 Å². The highest BCUT2D eigenvalue weighted by molar-refractivity contribution is 5.94. The van der Waals surface area contributed by atoms with Gasteiger partial charge in [-0.3, -0.25) is 33.6 Å². The van der Waals surface area contributed by atoms with Gasteiger partial charge < -0.3 is 31.4 Å². The quantitative estimate of drug-likeness (QED) is 0.134. The van der Waals surface area contributed by atoms with E-state index >= 15 is 0 Å². The first-order valence-corrected chi connectivity index (χ1v) is 12.5. The van der Waals surface area contributed by atoms with Gasteiger partial charge in [0.2, 0.25) is 17.7 Å². The van der Waals surface area contributed by atoms with Gasteiger partial charge in [-0.1, -0.05) is 13.8 Å². The molecule has 0 fully saturated rings. The van der Waals surface area contributed by atoms with Gasteiger partial charge in [0.25, 0.3) is 0 Å². The molecule has 38 heavy (non-hydrogen) atoms. The van der Waals surface area contributed by atoms with Gasteiger partial charge >= 0.3 is 11.9 Å². The second-order valence-electron chi connectivity index (χ2n) is 9.75. The van der Waals surface area contributed by atoms with Crippen molar-refractivity contribution in [3.8, 4) is 0 Å². The third-order valence-corrected chi connectivity index (χ3v) is 5.68. The van der Waals surface area contributed by atoms with E-state index < -0.39 is 78.5 Å². The van der Waals surface area contributed by atoms with Gasteiger partial charge in [-0.25, -0.2) is 0 Å². The third-order valence-electron chi connectivity index (χ3n) is 5.68. The summed E-state index contributed by atoms with van der Waals surface area (Å²) in [4.78, 5) is 94.7. The zero-order valence-corrected chi connectivity index (χ0v) is 22.1. The van der Waals surface area contributed by atoms with Crippen molar-refractivity contribution in [1.29, 1.82) is 0 Å². The molecule has 0 spiro atoms. The Morgan fingerprint density at radius 2 is 1.42 bits per heavy atom. The van der Waals surface area contributed by atoms with E-state index in [-0.39, 0.29) is 56.6 Å². The lowest BCUT2D eigenvalue weighted by atomic mass is 9.90. The summed E-state index contributed by atoms with van der Waals surface area (Å²) in [6.45, 7) is 4.47. The van der Waals surface area contributed by atoms with Crippen LogP contribution >= 0.6 is 0 Å². The van der Waals surface area contributed by atoms with Crippen LogP contribution in [0.25, 0.3) is 0 Å². The van der Waals surface area contributed by atoms with E-state index in [1.54, 1.807) is 0 Å². The monoisotopic (exact) mass is 541 g/mol. The van der Waals surface area contributed by atoms with E-state index in [1.807, 2.05) is 13.8 Å². The Morgan fingerprint density at radius 3 is 1.92 bits per heavy atom. The molecule has 13 nitrogen and oxygen atoms in total. The highest BCUT2D eigenvalue weighted by Crippen LogP contribution is 2.17. The van der Waals surface area contributed by atoms with Crippen LogP contribution in [0.15, 0.2) is 0 Å². The Bertz CT molecular complexity index is 900. The van der Waals surface area contributed by atoms with Crippen molar-refractivity contribution in [2.24, 2.45) is 23.5 Å². The summed E-state index contributed by atoms with van der Waals surface area (Å²) in [5, 5.41) is 22.9. The smallest absolute Gasteiger partial charge is 0.306 e. The summed E-state index contributed by atoms with van der Waals surface area (Å²) < 4.78 is 0. The number of nitrogens with two attached hydrogens (primary N) is 1. The molecular formula is C25H39N3O10. The molecule has 3 atom stereocenters. The second-order valence-corrected chi connectivity index (χ2v) is 9.75. The lowest BCUT2D eigenvalue weighted by molar-refractivity contribution is -0.145. The summed E-state index contributed by atoms with van der Waals surface area (Å²) in [6.07, 6.45) is -1.63. The molecule has 3 amide bonds. The van der Waals surface area contributed by atoms with Gasteiger partial charge in [-0.15, -0.1) is 0 Å². The predicted molar refractivity (Wildman–Crippen MR) is 133 cm³/mol. The maximum atomic E-state index is 13.0. The average Bonchev–Trinajstić information content (AvgIpc) is 2.80. The first kappa shape index (κ1) is 34.4. The molecule has 0 aliphatic rings. The van der Waals surface area contributed by atoms with Gasteiger partial charge in [0.15, 0.2) is 11.6 Å².